The summed E-state index contributed by atoms with van der Waals surface area (Å²) in [5.41, 5.74) is 2.90. The Bertz CT molecular complexity index is 425. The van der Waals surface area contributed by atoms with Crippen LogP contribution in [0.1, 0.15) is 44.9 Å². The Morgan fingerprint density at radius 3 is 2.41 bits per heavy atom. The van der Waals surface area contributed by atoms with Gasteiger partial charge in [0.15, 0.2) is 0 Å². The van der Waals surface area contributed by atoms with E-state index in [1.54, 1.807) is 0 Å². The van der Waals surface area contributed by atoms with Crippen LogP contribution in [0.2, 0.25) is 0 Å². The molecule has 0 amide bonds. The summed E-state index contributed by atoms with van der Waals surface area (Å²) >= 11 is 0. The summed E-state index contributed by atoms with van der Waals surface area (Å²) < 4.78 is 0. The zero-order chi connectivity index (χ0) is 15.9. The van der Waals surface area contributed by atoms with Crippen LogP contribution in [0.5, 0.6) is 0 Å². The Balaban J connectivity index is 2.22. The van der Waals surface area contributed by atoms with Crippen LogP contribution in [0.25, 0.3) is 0 Å². The van der Waals surface area contributed by atoms with E-state index in [-0.39, 0.29) is 0 Å². The molecule has 1 heterocycles. The molecule has 0 bridgehead atoms. The molecule has 1 aliphatic rings. The maximum Gasteiger partial charge on any atom is 0.0479 e. The number of benzene rings is 1. The number of hydrogen-bond donors (Lipinski definition) is 1. The third-order valence-electron chi connectivity index (χ3n) is 5.05. The first kappa shape index (κ1) is 17.5. The number of likely N-dealkylation sites (N-methyl/N-ethyl adjacent to an activating group) is 1. The van der Waals surface area contributed by atoms with Gasteiger partial charge in [-0.3, -0.25) is 4.90 Å². The number of rotatable bonds is 7. The molecule has 1 fully saturated rings. The van der Waals surface area contributed by atoms with Crippen molar-refractivity contribution < 1.29 is 0 Å². The van der Waals surface area contributed by atoms with Crippen LogP contribution < -0.4 is 5.32 Å². The second kappa shape index (κ2) is 8.66. The largest absolute Gasteiger partial charge is 0.314 e. The van der Waals surface area contributed by atoms with Crippen molar-refractivity contribution in [3.05, 3.63) is 35.4 Å². The number of hydrogen-bond acceptors (Lipinski definition) is 3. The normalized spacial score (nSPS) is 21.2. The number of aryl methyl sites for hydroxylation is 1. The molecule has 1 aromatic carbocycles. The second-order valence-electron chi connectivity index (χ2n) is 6.39. The molecule has 0 spiro atoms. The van der Waals surface area contributed by atoms with Crippen molar-refractivity contribution in [2.24, 2.45) is 0 Å². The highest BCUT2D eigenvalue weighted by atomic mass is 15.3. The van der Waals surface area contributed by atoms with E-state index in [2.05, 4.69) is 67.1 Å². The predicted octanol–water partition coefficient (Wildman–Crippen LogP) is 2.93. The molecular formula is C19H33N3. The summed E-state index contributed by atoms with van der Waals surface area (Å²) in [6.45, 7) is 15.8. The van der Waals surface area contributed by atoms with Crippen LogP contribution in [-0.2, 0) is 6.42 Å². The predicted molar refractivity (Wildman–Crippen MR) is 95.4 cm³/mol. The summed E-state index contributed by atoms with van der Waals surface area (Å²) in [4.78, 5) is 5.24. The SMILES string of the molecule is CCc1ccc(C(CN(CC)CC)N2CCNCC2C)cc1. The van der Waals surface area contributed by atoms with Crippen LogP contribution >= 0.6 is 0 Å². The standard InChI is InChI=1S/C19H33N3/c1-5-17-8-10-18(11-9-17)19(15-21(6-2)7-3)22-13-12-20-14-16(22)4/h8-11,16,19-20H,5-7,12-15H2,1-4H3. The van der Waals surface area contributed by atoms with E-state index in [0.29, 0.717) is 12.1 Å². The molecule has 3 heteroatoms. The van der Waals surface area contributed by atoms with Gasteiger partial charge in [0.25, 0.3) is 0 Å². The van der Waals surface area contributed by atoms with E-state index in [9.17, 15) is 0 Å². The average molecular weight is 303 g/mol. The molecule has 22 heavy (non-hydrogen) atoms. The molecule has 1 N–H and O–H groups in total. The maximum atomic E-state index is 3.52. The quantitative estimate of drug-likeness (QED) is 0.835. The van der Waals surface area contributed by atoms with E-state index in [1.807, 2.05) is 0 Å². The Hall–Kier alpha value is -0.900. The molecule has 1 aromatic rings. The second-order valence-corrected chi connectivity index (χ2v) is 6.39. The van der Waals surface area contributed by atoms with Crippen molar-refractivity contribution in [1.29, 1.82) is 0 Å². The van der Waals surface area contributed by atoms with Crippen LogP contribution in [0.3, 0.4) is 0 Å². The monoisotopic (exact) mass is 303 g/mol. The number of piperazine rings is 1. The first-order valence-corrected chi connectivity index (χ1v) is 8.97. The third-order valence-corrected chi connectivity index (χ3v) is 5.05. The van der Waals surface area contributed by atoms with Crippen molar-refractivity contribution in [1.82, 2.24) is 15.1 Å². The molecule has 0 aromatic heterocycles. The van der Waals surface area contributed by atoms with Crippen LogP contribution in [0, 0.1) is 0 Å². The first-order chi connectivity index (χ1) is 10.7. The van der Waals surface area contributed by atoms with Gasteiger partial charge < -0.3 is 10.2 Å². The van der Waals surface area contributed by atoms with E-state index in [4.69, 9.17) is 0 Å². The maximum absolute atomic E-state index is 3.52. The fourth-order valence-corrected chi connectivity index (χ4v) is 3.42. The minimum Gasteiger partial charge on any atom is -0.314 e. The Kier molecular flexibility index (Phi) is 6.87. The van der Waals surface area contributed by atoms with Gasteiger partial charge in [0.2, 0.25) is 0 Å². The highest BCUT2D eigenvalue weighted by Crippen LogP contribution is 2.25. The van der Waals surface area contributed by atoms with E-state index in [0.717, 1.165) is 45.7 Å². The lowest BCUT2D eigenvalue weighted by Gasteiger charge is -2.42. The van der Waals surface area contributed by atoms with Gasteiger partial charge in [-0.05, 0) is 37.6 Å². The van der Waals surface area contributed by atoms with Crippen molar-refractivity contribution >= 4 is 0 Å². The Morgan fingerprint density at radius 1 is 1.18 bits per heavy atom. The van der Waals surface area contributed by atoms with Crippen LogP contribution in [-0.4, -0.2) is 55.1 Å². The Labute approximate surface area is 136 Å². The highest BCUT2D eigenvalue weighted by Gasteiger charge is 2.28. The van der Waals surface area contributed by atoms with E-state index < -0.39 is 0 Å². The average Bonchev–Trinajstić information content (AvgIpc) is 2.57. The van der Waals surface area contributed by atoms with Crippen molar-refractivity contribution in [3.63, 3.8) is 0 Å². The van der Waals surface area contributed by atoms with Gasteiger partial charge in [-0.25, -0.2) is 0 Å². The molecule has 0 aliphatic carbocycles. The van der Waals surface area contributed by atoms with E-state index in [1.165, 1.54) is 11.1 Å². The molecular weight excluding hydrogens is 270 g/mol. The summed E-state index contributed by atoms with van der Waals surface area (Å²) in [5, 5.41) is 3.52. The molecule has 2 rings (SSSR count). The minimum atomic E-state index is 0.503. The van der Waals surface area contributed by atoms with Gasteiger partial charge in [0.05, 0.1) is 0 Å². The topological polar surface area (TPSA) is 18.5 Å². The molecule has 0 radical (unpaired) electrons. The van der Waals surface area contributed by atoms with E-state index >= 15 is 0 Å². The van der Waals surface area contributed by atoms with Gasteiger partial charge in [0.1, 0.15) is 0 Å². The summed E-state index contributed by atoms with van der Waals surface area (Å²) in [7, 11) is 0. The van der Waals surface area contributed by atoms with Crippen molar-refractivity contribution in [2.75, 3.05) is 39.3 Å². The summed E-state index contributed by atoms with van der Waals surface area (Å²) in [5.74, 6) is 0. The van der Waals surface area contributed by atoms with Gasteiger partial charge in [-0.15, -0.1) is 0 Å². The smallest absolute Gasteiger partial charge is 0.0479 e. The molecule has 124 valence electrons. The lowest BCUT2D eigenvalue weighted by molar-refractivity contribution is 0.0871. The summed E-state index contributed by atoms with van der Waals surface area (Å²) in [6, 6.07) is 10.4. The van der Waals surface area contributed by atoms with Gasteiger partial charge in [-0.2, -0.15) is 0 Å². The molecule has 0 saturated carbocycles. The van der Waals surface area contributed by atoms with Crippen molar-refractivity contribution in [3.8, 4) is 0 Å². The Morgan fingerprint density at radius 2 is 1.86 bits per heavy atom. The minimum absolute atomic E-state index is 0.503. The summed E-state index contributed by atoms with van der Waals surface area (Å²) in [6.07, 6.45) is 1.12. The highest BCUT2D eigenvalue weighted by molar-refractivity contribution is 5.25. The fraction of sp³-hybridized carbons (Fsp3) is 0.684. The van der Waals surface area contributed by atoms with Crippen LogP contribution in [0.4, 0.5) is 0 Å². The molecule has 1 saturated heterocycles. The lowest BCUT2D eigenvalue weighted by Crippen LogP contribution is -2.53. The van der Waals surface area contributed by atoms with Gasteiger partial charge >= 0.3 is 0 Å². The molecule has 1 aliphatic heterocycles. The molecule has 2 unspecified atom stereocenters. The van der Waals surface area contributed by atoms with Gasteiger partial charge in [0, 0.05) is 38.3 Å². The number of nitrogens with zero attached hydrogens (tertiary/aromatic N) is 2. The lowest BCUT2D eigenvalue weighted by atomic mass is 9.99. The fourth-order valence-electron chi connectivity index (χ4n) is 3.42. The van der Waals surface area contributed by atoms with Gasteiger partial charge in [-0.1, -0.05) is 45.0 Å². The zero-order valence-electron chi connectivity index (χ0n) is 14.8. The first-order valence-electron chi connectivity index (χ1n) is 8.97. The third kappa shape index (κ3) is 4.31. The molecule has 2 atom stereocenters. The number of nitrogens with one attached hydrogen (secondary N) is 1. The zero-order valence-corrected chi connectivity index (χ0v) is 14.8. The molecule has 3 nitrogen and oxygen atoms in total. The van der Waals surface area contributed by atoms with Crippen LogP contribution in [0.15, 0.2) is 24.3 Å². The van der Waals surface area contributed by atoms with Crippen molar-refractivity contribution in [2.45, 2.75) is 46.2 Å².